The van der Waals surface area contributed by atoms with Gasteiger partial charge < -0.3 is 4.74 Å². The van der Waals surface area contributed by atoms with Gasteiger partial charge in [0.15, 0.2) is 0 Å². The molecule has 0 saturated heterocycles. The number of nitrogens with zero attached hydrogens (tertiary/aromatic N) is 2. The largest absolute Gasteiger partial charge is 0.479 e. The molecule has 3 nitrogen and oxygen atoms in total. The average Bonchev–Trinajstić information content (AvgIpc) is 2.26. The lowest BCUT2D eigenvalue weighted by Crippen LogP contribution is -2.12. The molecule has 2 aromatic heterocycles. The Morgan fingerprint density at radius 1 is 1.19 bits per heavy atom. The monoisotopic (exact) mass is 216 g/mol. The molecule has 0 bridgehead atoms. The molecule has 2 heterocycles. The number of fused-ring (bicyclic) bond motifs is 1. The van der Waals surface area contributed by atoms with Crippen LogP contribution in [0, 0.1) is 0 Å². The van der Waals surface area contributed by atoms with Gasteiger partial charge in [0.1, 0.15) is 5.52 Å². The highest BCUT2D eigenvalue weighted by atomic mass is 16.5. The summed E-state index contributed by atoms with van der Waals surface area (Å²) in [5, 5.41) is 1.11. The summed E-state index contributed by atoms with van der Waals surface area (Å²) in [6, 6.07) is 4.00. The number of pyridine rings is 2. The van der Waals surface area contributed by atoms with E-state index in [1.54, 1.807) is 13.3 Å². The first-order valence-corrected chi connectivity index (χ1v) is 5.32. The predicted octanol–water partition coefficient (Wildman–Crippen LogP) is 2.94. The molecule has 0 N–H and O–H groups in total. The molecule has 0 aromatic carbocycles. The smallest absolute Gasteiger partial charge is 0.240 e. The number of ether oxygens (including phenoxy) is 1. The first-order chi connectivity index (χ1) is 7.54. The van der Waals surface area contributed by atoms with E-state index in [1.165, 1.54) is 5.56 Å². The third-order valence-corrected chi connectivity index (χ3v) is 2.61. The normalized spacial score (nSPS) is 11.8. The molecule has 0 aliphatic rings. The molecule has 3 heteroatoms. The van der Waals surface area contributed by atoms with Crippen molar-refractivity contribution in [2.24, 2.45) is 0 Å². The van der Waals surface area contributed by atoms with Crippen molar-refractivity contribution in [2.75, 3.05) is 7.11 Å². The Morgan fingerprint density at radius 3 is 2.56 bits per heavy atom. The molecule has 84 valence electrons. The van der Waals surface area contributed by atoms with Crippen LogP contribution in [0.2, 0.25) is 0 Å². The molecule has 0 amide bonds. The van der Waals surface area contributed by atoms with E-state index < -0.39 is 0 Å². The zero-order valence-electron chi connectivity index (χ0n) is 10.1. The van der Waals surface area contributed by atoms with Crippen molar-refractivity contribution >= 4 is 10.9 Å². The average molecular weight is 216 g/mol. The minimum Gasteiger partial charge on any atom is -0.479 e. The molecule has 0 aliphatic carbocycles. The highest BCUT2D eigenvalue weighted by Gasteiger charge is 2.19. The van der Waals surface area contributed by atoms with Crippen molar-refractivity contribution in [1.82, 2.24) is 9.97 Å². The lowest BCUT2D eigenvalue weighted by atomic mass is 9.86. The van der Waals surface area contributed by atoms with E-state index in [-0.39, 0.29) is 5.41 Å². The zero-order chi connectivity index (χ0) is 11.8. The maximum Gasteiger partial charge on any atom is 0.240 e. The molecule has 2 rings (SSSR count). The SMILES string of the molecule is COc1ncc(C(C)(C)C)c2cccnc12. The summed E-state index contributed by atoms with van der Waals surface area (Å²) in [6.07, 6.45) is 3.64. The Kier molecular flexibility index (Phi) is 2.54. The quantitative estimate of drug-likeness (QED) is 0.735. The second-order valence-corrected chi connectivity index (χ2v) is 4.83. The highest BCUT2D eigenvalue weighted by Crippen LogP contribution is 2.31. The molecule has 0 unspecified atom stereocenters. The van der Waals surface area contributed by atoms with Gasteiger partial charge >= 0.3 is 0 Å². The van der Waals surface area contributed by atoms with Crippen LogP contribution in [0.3, 0.4) is 0 Å². The molecule has 2 aromatic rings. The lowest BCUT2D eigenvalue weighted by molar-refractivity contribution is 0.401. The van der Waals surface area contributed by atoms with Crippen LogP contribution >= 0.6 is 0 Å². The number of hydrogen-bond acceptors (Lipinski definition) is 3. The van der Waals surface area contributed by atoms with Crippen molar-refractivity contribution in [3.05, 3.63) is 30.1 Å². The molecule has 0 atom stereocenters. The van der Waals surface area contributed by atoms with E-state index in [4.69, 9.17) is 4.74 Å². The van der Waals surface area contributed by atoms with E-state index >= 15 is 0 Å². The minimum absolute atomic E-state index is 0.0561. The Labute approximate surface area is 95.5 Å². The molecule has 16 heavy (non-hydrogen) atoms. The fourth-order valence-electron chi connectivity index (χ4n) is 1.79. The van der Waals surface area contributed by atoms with E-state index in [0.29, 0.717) is 5.88 Å². The Hall–Kier alpha value is -1.64. The highest BCUT2D eigenvalue weighted by molar-refractivity contribution is 5.86. The van der Waals surface area contributed by atoms with Gasteiger partial charge in [0, 0.05) is 17.8 Å². The number of hydrogen-bond donors (Lipinski definition) is 0. The number of methoxy groups -OCH3 is 1. The van der Waals surface area contributed by atoms with Crippen molar-refractivity contribution in [3.63, 3.8) is 0 Å². The van der Waals surface area contributed by atoms with Crippen LogP contribution in [0.5, 0.6) is 5.88 Å². The van der Waals surface area contributed by atoms with E-state index in [0.717, 1.165) is 10.9 Å². The van der Waals surface area contributed by atoms with Gasteiger partial charge in [0.25, 0.3) is 0 Å². The second-order valence-electron chi connectivity index (χ2n) is 4.83. The van der Waals surface area contributed by atoms with Gasteiger partial charge in [0.05, 0.1) is 7.11 Å². The molecule has 0 spiro atoms. The van der Waals surface area contributed by atoms with Crippen LogP contribution in [0.1, 0.15) is 26.3 Å². The summed E-state index contributed by atoms with van der Waals surface area (Å²) in [7, 11) is 1.62. The van der Waals surface area contributed by atoms with E-state index in [2.05, 4.69) is 36.8 Å². The summed E-state index contributed by atoms with van der Waals surface area (Å²) in [5.74, 6) is 0.587. The van der Waals surface area contributed by atoms with Gasteiger partial charge in [0.2, 0.25) is 5.88 Å². The van der Waals surface area contributed by atoms with Gasteiger partial charge in [-0.25, -0.2) is 4.98 Å². The molecule has 0 aliphatic heterocycles. The third kappa shape index (κ3) is 1.73. The van der Waals surface area contributed by atoms with E-state index in [1.807, 2.05) is 12.3 Å². The minimum atomic E-state index is 0.0561. The number of rotatable bonds is 1. The summed E-state index contributed by atoms with van der Waals surface area (Å²) < 4.78 is 5.22. The zero-order valence-corrected chi connectivity index (χ0v) is 10.1. The van der Waals surface area contributed by atoms with Gasteiger partial charge in [-0.15, -0.1) is 0 Å². The van der Waals surface area contributed by atoms with Crippen LogP contribution in [-0.2, 0) is 5.41 Å². The standard InChI is InChI=1S/C13H16N2O/c1-13(2,3)10-8-15-12(16-4)11-9(10)6-5-7-14-11/h5-8H,1-4H3. The fourth-order valence-corrected chi connectivity index (χ4v) is 1.79. The fraction of sp³-hybridized carbons (Fsp3) is 0.385. The van der Waals surface area contributed by atoms with E-state index in [9.17, 15) is 0 Å². The predicted molar refractivity (Wildman–Crippen MR) is 64.8 cm³/mol. The molecule has 0 fully saturated rings. The number of aromatic nitrogens is 2. The Bertz CT molecular complexity index is 515. The summed E-state index contributed by atoms with van der Waals surface area (Å²) in [6.45, 7) is 6.51. The Balaban J connectivity index is 2.80. The Morgan fingerprint density at radius 2 is 1.94 bits per heavy atom. The van der Waals surface area contributed by atoms with Crippen LogP contribution in [0.15, 0.2) is 24.5 Å². The first-order valence-electron chi connectivity index (χ1n) is 5.32. The third-order valence-electron chi connectivity index (χ3n) is 2.61. The second kappa shape index (κ2) is 3.74. The van der Waals surface area contributed by atoms with Gasteiger partial charge in [-0.3, -0.25) is 4.98 Å². The summed E-state index contributed by atoms with van der Waals surface area (Å²) in [5.41, 5.74) is 2.08. The lowest BCUT2D eigenvalue weighted by Gasteiger charge is -2.20. The van der Waals surface area contributed by atoms with Crippen molar-refractivity contribution in [3.8, 4) is 5.88 Å². The van der Waals surface area contributed by atoms with Gasteiger partial charge in [-0.1, -0.05) is 26.8 Å². The molecule has 0 radical (unpaired) electrons. The van der Waals surface area contributed by atoms with Crippen molar-refractivity contribution in [1.29, 1.82) is 0 Å². The van der Waals surface area contributed by atoms with Crippen LogP contribution < -0.4 is 4.74 Å². The molecule has 0 saturated carbocycles. The van der Waals surface area contributed by atoms with Crippen LogP contribution in [0.4, 0.5) is 0 Å². The van der Waals surface area contributed by atoms with Crippen molar-refractivity contribution in [2.45, 2.75) is 26.2 Å². The van der Waals surface area contributed by atoms with Crippen LogP contribution in [0.25, 0.3) is 10.9 Å². The van der Waals surface area contributed by atoms with Gasteiger partial charge in [-0.05, 0) is 17.0 Å². The maximum atomic E-state index is 5.22. The maximum absolute atomic E-state index is 5.22. The molecular weight excluding hydrogens is 200 g/mol. The van der Waals surface area contributed by atoms with Crippen LogP contribution in [-0.4, -0.2) is 17.1 Å². The molecular formula is C13H16N2O. The summed E-state index contributed by atoms with van der Waals surface area (Å²) in [4.78, 5) is 8.65. The first kappa shape index (κ1) is 10.9. The van der Waals surface area contributed by atoms with Gasteiger partial charge in [-0.2, -0.15) is 0 Å². The van der Waals surface area contributed by atoms with Crippen molar-refractivity contribution < 1.29 is 4.74 Å². The topological polar surface area (TPSA) is 35.0 Å². The summed E-state index contributed by atoms with van der Waals surface area (Å²) >= 11 is 0.